The Morgan fingerprint density at radius 2 is 2.38 bits per heavy atom. The van der Waals surface area contributed by atoms with Crippen molar-refractivity contribution in [2.75, 3.05) is 7.11 Å². The van der Waals surface area contributed by atoms with Gasteiger partial charge in [-0.2, -0.15) is 0 Å². The molecule has 0 amide bonds. The van der Waals surface area contributed by atoms with Crippen LogP contribution >= 0.6 is 0 Å². The molecule has 0 aliphatic carbocycles. The van der Waals surface area contributed by atoms with Crippen molar-refractivity contribution >= 4 is 11.0 Å². The van der Waals surface area contributed by atoms with Crippen LogP contribution in [0.25, 0.3) is 11.0 Å². The summed E-state index contributed by atoms with van der Waals surface area (Å²) in [6.45, 7) is 0. The van der Waals surface area contributed by atoms with Crippen LogP contribution < -0.4 is 10.2 Å². The monoisotopic (exact) mass is 176 g/mol. The quantitative estimate of drug-likeness (QED) is 0.703. The summed E-state index contributed by atoms with van der Waals surface area (Å²) >= 11 is 0. The number of ether oxygens (including phenoxy) is 1. The summed E-state index contributed by atoms with van der Waals surface area (Å²) in [4.78, 5) is 18.2. The smallest absolute Gasteiger partial charge is 0.191 e. The third-order valence-corrected chi connectivity index (χ3v) is 1.82. The zero-order chi connectivity index (χ0) is 9.26. The Morgan fingerprint density at radius 1 is 1.54 bits per heavy atom. The fraction of sp³-hybridized carbons (Fsp3) is 0.111. The first-order chi connectivity index (χ1) is 6.31. The molecule has 13 heavy (non-hydrogen) atoms. The maximum absolute atomic E-state index is 11.3. The van der Waals surface area contributed by atoms with Crippen LogP contribution in [0.5, 0.6) is 5.75 Å². The maximum atomic E-state index is 11.3. The summed E-state index contributed by atoms with van der Waals surface area (Å²) in [6, 6.07) is 3.13. The highest BCUT2D eigenvalue weighted by Gasteiger charge is 2.00. The third kappa shape index (κ3) is 1.26. The van der Waals surface area contributed by atoms with Crippen molar-refractivity contribution in [1.82, 2.24) is 9.97 Å². The van der Waals surface area contributed by atoms with E-state index in [2.05, 4.69) is 9.97 Å². The molecule has 4 nitrogen and oxygen atoms in total. The van der Waals surface area contributed by atoms with Crippen molar-refractivity contribution < 1.29 is 4.74 Å². The van der Waals surface area contributed by atoms with Gasteiger partial charge < -0.3 is 9.72 Å². The third-order valence-electron chi connectivity index (χ3n) is 1.82. The van der Waals surface area contributed by atoms with Crippen LogP contribution in [-0.2, 0) is 0 Å². The molecule has 0 aliphatic rings. The highest BCUT2D eigenvalue weighted by atomic mass is 16.5. The largest absolute Gasteiger partial charge is 0.495 e. The van der Waals surface area contributed by atoms with Crippen LogP contribution in [0.4, 0.5) is 0 Å². The molecule has 1 N–H and O–H groups in total. The van der Waals surface area contributed by atoms with Gasteiger partial charge in [0.25, 0.3) is 0 Å². The van der Waals surface area contributed by atoms with Gasteiger partial charge in [-0.1, -0.05) is 0 Å². The Kier molecular flexibility index (Phi) is 1.73. The second kappa shape index (κ2) is 2.90. The van der Waals surface area contributed by atoms with Crippen LogP contribution in [0.2, 0.25) is 0 Å². The summed E-state index contributed by atoms with van der Waals surface area (Å²) in [7, 11) is 1.54. The number of pyridine rings is 2. The number of fused-ring (bicyclic) bond motifs is 1. The molecule has 0 fully saturated rings. The number of H-pyrrole nitrogens is 1. The molecule has 2 aromatic heterocycles. The standard InChI is InChI=1S/C9H8N2O2/c1-13-6-4-7-8(12)2-3-10-9(7)11-5-6/h2-5H,1H3,(H,10,11,12). The van der Waals surface area contributed by atoms with Crippen LogP contribution in [0.3, 0.4) is 0 Å². The molecule has 0 aromatic carbocycles. The molecule has 0 saturated heterocycles. The summed E-state index contributed by atoms with van der Waals surface area (Å²) in [5, 5.41) is 0.543. The number of aromatic nitrogens is 2. The van der Waals surface area contributed by atoms with E-state index in [1.54, 1.807) is 25.6 Å². The molecule has 4 heteroatoms. The maximum Gasteiger partial charge on any atom is 0.191 e. The lowest BCUT2D eigenvalue weighted by atomic mass is 10.3. The van der Waals surface area contributed by atoms with Gasteiger partial charge in [0, 0.05) is 12.3 Å². The van der Waals surface area contributed by atoms with Gasteiger partial charge in [-0.3, -0.25) is 4.79 Å². The van der Waals surface area contributed by atoms with Crippen molar-refractivity contribution in [2.45, 2.75) is 0 Å². The molecule has 0 spiro atoms. The summed E-state index contributed by atoms with van der Waals surface area (Å²) < 4.78 is 4.96. The first-order valence-corrected chi connectivity index (χ1v) is 3.83. The topological polar surface area (TPSA) is 55.0 Å². The summed E-state index contributed by atoms with van der Waals surface area (Å²) in [5.74, 6) is 0.587. The van der Waals surface area contributed by atoms with E-state index >= 15 is 0 Å². The summed E-state index contributed by atoms with van der Waals surface area (Å²) in [5.41, 5.74) is 0.522. The van der Waals surface area contributed by atoms with Gasteiger partial charge in [0.15, 0.2) is 5.43 Å². The lowest BCUT2D eigenvalue weighted by Gasteiger charge is -1.99. The Morgan fingerprint density at radius 3 is 3.15 bits per heavy atom. The number of hydrogen-bond acceptors (Lipinski definition) is 3. The molecule has 0 unspecified atom stereocenters. The predicted molar refractivity (Wildman–Crippen MR) is 48.9 cm³/mol. The molecule has 0 bridgehead atoms. The average molecular weight is 176 g/mol. The van der Waals surface area contributed by atoms with Crippen molar-refractivity contribution in [1.29, 1.82) is 0 Å². The SMILES string of the molecule is COc1cnc2[nH]ccc(=O)c2c1. The number of rotatable bonds is 1. The number of aromatic amines is 1. The van der Waals surface area contributed by atoms with E-state index in [0.29, 0.717) is 16.8 Å². The van der Waals surface area contributed by atoms with Gasteiger partial charge in [-0.25, -0.2) is 4.98 Å². The van der Waals surface area contributed by atoms with E-state index in [1.165, 1.54) is 6.07 Å². The lowest BCUT2D eigenvalue weighted by molar-refractivity contribution is 0.413. The van der Waals surface area contributed by atoms with Crippen molar-refractivity contribution in [3.05, 3.63) is 34.7 Å². The molecule has 66 valence electrons. The van der Waals surface area contributed by atoms with Crippen molar-refractivity contribution in [3.8, 4) is 5.75 Å². The highest BCUT2D eigenvalue weighted by molar-refractivity contribution is 5.75. The van der Waals surface area contributed by atoms with E-state index < -0.39 is 0 Å². The number of methoxy groups -OCH3 is 1. The Labute approximate surface area is 74.2 Å². The molecule has 2 rings (SSSR count). The van der Waals surface area contributed by atoms with Gasteiger partial charge >= 0.3 is 0 Å². The summed E-state index contributed by atoms with van der Waals surface area (Å²) in [6.07, 6.45) is 3.14. The molecular weight excluding hydrogens is 168 g/mol. The number of hydrogen-bond donors (Lipinski definition) is 1. The average Bonchev–Trinajstić information content (AvgIpc) is 2.18. The molecule has 0 radical (unpaired) electrons. The van der Waals surface area contributed by atoms with Crippen molar-refractivity contribution in [2.24, 2.45) is 0 Å². The second-order valence-corrected chi connectivity index (χ2v) is 2.61. The Hall–Kier alpha value is -1.84. The van der Waals surface area contributed by atoms with E-state index in [4.69, 9.17) is 4.74 Å². The normalized spacial score (nSPS) is 10.2. The molecule has 2 aromatic rings. The van der Waals surface area contributed by atoms with Gasteiger partial charge in [-0.15, -0.1) is 0 Å². The zero-order valence-corrected chi connectivity index (χ0v) is 7.07. The van der Waals surface area contributed by atoms with Gasteiger partial charge in [-0.05, 0) is 6.07 Å². The molecular formula is C9H8N2O2. The minimum absolute atomic E-state index is 0.0554. The minimum atomic E-state index is -0.0554. The van der Waals surface area contributed by atoms with Gasteiger partial charge in [0.1, 0.15) is 11.4 Å². The Balaban J connectivity index is 2.82. The highest BCUT2D eigenvalue weighted by Crippen LogP contribution is 2.12. The van der Waals surface area contributed by atoms with Crippen molar-refractivity contribution in [3.63, 3.8) is 0 Å². The number of nitrogens with one attached hydrogen (secondary N) is 1. The lowest BCUT2D eigenvalue weighted by Crippen LogP contribution is -2.01. The predicted octanol–water partition coefficient (Wildman–Crippen LogP) is 0.932. The van der Waals surface area contributed by atoms with Crippen LogP contribution in [0.15, 0.2) is 29.3 Å². The fourth-order valence-electron chi connectivity index (χ4n) is 1.15. The van der Waals surface area contributed by atoms with E-state index in [9.17, 15) is 4.79 Å². The second-order valence-electron chi connectivity index (χ2n) is 2.61. The van der Waals surface area contributed by atoms with E-state index in [-0.39, 0.29) is 5.43 Å². The van der Waals surface area contributed by atoms with E-state index in [0.717, 1.165) is 0 Å². The molecule has 0 aliphatic heterocycles. The molecule has 2 heterocycles. The van der Waals surface area contributed by atoms with Crippen LogP contribution in [-0.4, -0.2) is 17.1 Å². The first kappa shape index (κ1) is 7.79. The van der Waals surface area contributed by atoms with Gasteiger partial charge in [0.2, 0.25) is 0 Å². The zero-order valence-electron chi connectivity index (χ0n) is 7.07. The number of nitrogens with zero attached hydrogens (tertiary/aromatic N) is 1. The first-order valence-electron chi connectivity index (χ1n) is 3.83. The van der Waals surface area contributed by atoms with E-state index in [1.807, 2.05) is 0 Å². The van der Waals surface area contributed by atoms with Crippen LogP contribution in [0, 0.1) is 0 Å². The van der Waals surface area contributed by atoms with Crippen LogP contribution in [0.1, 0.15) is 0 Å². The fourth-order valence-corrected chi connectivity index (χ4v) is 1.15. The minimum Gasteiger partial charge on any atom is -0.495 e. The van der Waals surface area contributed by atoms with Gasteiger partial charge in [0.05, 0.1) is 18.7 Å². The molecule has 0 atom stereocenters. The Bertz CT molecular complexity index is 490. The molecule has 0 saturated carbocycles.